The molecule has 1 aromatic heterocycles. The molecular weight excluding hydrogens is 405 g/mol. The maximum atomic E-state index is 12.1. The molecule has 0 atom stereocenters. The Morgan fingerprint density at radius 3 is 2.37 bits per heavy atom. The number of amides is 1. The van der Waals surface area contributed by atoms with Gasteiger partial charge in [-0.15, -0.1) is 11.3 Å². The van der Waals surface area contributed by atoms with E-state index in [1.165, 1.54) is 17.4 Å². The van der Waals surface area contributed by atoms with Gasteiger partial charge in [0.05, 0.1) is 11.2 Å². The normalized spacial score (nSPS) is 18.6. The fourth-order valence-electron chi connectivity index (χ4n) is 2.58. The quantitative estimate of drug-likeness (QED) is 0.509. The minimum atomic E-state index is -1.00. The van der Waals surface area contributed by atoms with Gasteiger partial charge in [0, 0.05) is 17.5 Å². The monoisotopic (exact) mass is 435 g/mol. The fourth-order valence-corrected chi connectivity index (χ4v) is 3.34. The molecule has 1 fully saturated rings. The minimum absolute atomic E-state index is 0.182. The van der Waals surface area contributed by atoms with Gasteiger partial charge in [0.2, 0.25) is 0 Å². The van der Waals surface area contributed by atoms with Gasteiger partial charge in [-0.2, -0.15) is 0 Å². The van der Waals surface area contributed by atoms with Gasteiger partial charge in [0.1, 0.15) is 5.60 Å². The van der Waals surface area contributed by atoms with Gasteiger partial charge in [-0.25, -0.2) is 9.59 Å². The van der Waals surface area contributed by atoms with Crippen molar-refractivity contribution in [3.05, 3.63) is 33.4 Å². The average Bonchev–Trinajstić information content (AvgIpc) is 3.09. The molecule has 0 unspecified atom stereocenters. The number of carboxylic acid groups (broad SMARTS) is 1. The van der Waals surface area contributed by atoms with Crippen molar-refractivity contribution in [3.8, 4) is 0 Å². The lowest BCUT2D eigenvalue weighted by atomic mass is 9.77. The number of thiophene rings is 1. The van der Waals surface area contributed by atoms with Crippen molar-refractivity contribution in [1.29, 1.82) is 0 Å². The van der Waals surface area contributed by atoms with Crippen LogP contribution in [0.15, 0.2) is 23.0 Å². The zero-order valence-corrected chi connectivity index (χ0v) is 19.4. The van der Waals surface area contributed by atoms with E-state index in [-0.39, 0.29) is 6.54 Å². The van der Waals surface area contributed by atoms with Gasteiger partial charge >= 0.3 is 19.2 Å². The highest BCUT2D eigenvalue weighted by Crippen LogP contribution is 2.39. The predicted octanol–water partition coefficient (Wildman–Crippen LogP) is 4.39. The molecule has 1 saturated heterocycles. The molecule has 0 aliphatic carbocycles. The van der Waals surface area contributed by atoms with Gasteiger partial charge in [0.15, 0.2) is 0 Å². The number of nitrogens with one attached hydrogen (secondary N) is 1. The van der Waals surface area contributed by atoms with Crippen LogP contribution in [0, 0.1) is 0 Å². The maximum absolute atomic E-state index is 12.1. The van der Waals surface area contributed by atoms with Gasteiger partial charge in [-0.3, -0.25) is 0 Å². The molecule has 0 radical (unpaired) electrons. The highest BCUT2D eigenvalue weighted by atomic mass is 32.1. The van der Waals surface area contributed by atoms with Crippen molar-refractivity contribution in [2.75, 3.05) is 6.54 Å². The SMILES string of the molecule is CC(C)(C)OC(=O)NCC(=Cc1csc(/C=C/C(=O)O)c1)B1OC(C)(C)C(C)(C)O1. The number of ether oxygens (including phenoxy) is 1. The summed E-state index contributed by atoms with van der Waals surface area (Å²) in [5, 5.41) is 13.5. The van der Waals surface area contributed by atoms with E-state index in [9.17, 15) is 9.59 Å². The first-order chi connectivity index (χ1) is 13.7. The standard InChI is InChI=1S/C21H30BNO6S/c1-19(2,3)27-18(26)23-12-15(22-28-20(4,5)21(6,7)29-22)10-14-11-16(30-13-14)8-9-17(24)25/h8-11,13H,12H2,1-7H3,(H,23,26)(H,24,25)/b9-8+,15-10?. The summed E-state index contributed by atoms with van der Waals surface area (Å²) in [5.74, 6) is -1.00. The van der Waals surface area contributed by atoms with Crippen LogP contribution in [0.25, 0.3) is 12.2 Å². The average molecular weight is 435 g/mol. The van der Waals surface area contributed by atoms with Crippen LogP contribution in [0.1, 0.15) is 58.9 Å². The molecule has 7 nitrogen and oxygen atoms in total. The second kappa shape index (κ2) is 8.95. The number of alkyl carbamates (subject to hydrolysis) is 1. The second-order valence-electron chi connectivity index (χ2n) is 9.12. The van der Waals surface area contributed by atoms with Crippen molar-refractivity contribution < 1.29 is 28.7 Å². The van der Waals surface area contributed by atoms with Crippen LogP contribution in [0.3, 0.4) is 0 Å². The van der Waals surface area contributed by atoms with Crippen LogP contribution in [0.2, 0.25) is 0 Å². The lowest BCUT2D eigenvalue weighted by molar-refractivity contribution is -0.131. The van der Waals surface area contributed by atoms with Gasteiger partial charge in [-0.1, -0.05) is 6.08 Å². The molecule has 164 valence electrons. The van der Waals surface area contributed by atoms with Crippen molar-refractivity contribution >= 4 is 42.7 Å². The molecule has 1 amide bonds. The summed E-state index contributed by atoms with van der Waals surface area (Å²) in [4.78, 5) is 23.7. The Kier molecular flexibility index (Phi) is 7.22. The maximum Gasteiger partial charge on any atom is 0.492 e. The minimum Gasteiger partial charge on any atom is -0.478 e. The van der Waals surface area contributed by atoms with E-state index in [4.69, 9.17) is 19.2 Å². The molecule has 2 heterocycles. The Balaban J connectivity index is 2.24. The highest BCUT2D eigenvalue weighted by Gasteiger charge is 2.52. The van der Waals surface area contributed by atoms with E-state index >= 15 is 0 Å². The summed E-state index contributed by atoms with van der Waals surface area (Å²) < 4.78 is 17.6. The number of hydrogen-bond acceptors (Lipinski definition) is 6. The molecule has 0 aromatic carbocycles. The third kappa shape index (κ3) is 6.72. The Labute approximate surface area is 182 Å². The van der Waals surface area contributed by atoms with Crippen LogP contribution in [0.4, 0.5) is 4.79 Å². The molecule has 0 bridgehead atoms. The molecule has 1 aliphatic rings. The Morgan fingerprint density at radius 2 is 1.83 bits per heavy atom. The summed E-state index contributed by atoms with van der Waals surface area (Å²) in [6, 6.07) is 1.86. The topological polar surface area (TPSA) is 94.1 Å². The van der Waals surface area contributed by atoms with E-state index in [0.717, 1.165) is 22.0 Å². The number of carboxylic acids is 1. The van der Waals surface area contributed by atoms with Crippen molar-refractivity contribution in [2.24, 2.45) is 0 Å². The molecule has 0 spiro atoms. The number of carbonyl (C=O) groups excluding carboxylic acids is 1. The first-order valence-electron chi connectivity index (χ1n) is 9.71. The summed E-state index contributed by atoms with van der Waals surface area (Å²) in [5.41, 5.74) is -0.0528. The van der Waals surface area contributed by atoms with Crippen molar-refractivity contribution in [3.63, 3.8) is 0 Å². The highest BCUT2D eigenvalue weighted by molar-refractivity contribution is 7.11. The first kappa shape index (κ1) is 24.2. The summed E-state index contributed by atoms with van der Waals surface area (Å²) in [7, 11) is -0.636. The fraction of sp³-hybridized carbons (Fsp3) is 0.524. The predicted molar refractivity (Wildman–Crippen MR) is 119 cm³/mol. The van der Waals surface area contributed by atoms with E-state index in [1.54, 1.807) is 20.8 Å². The van der Waals surface area contributed by atoms with E-state index in [0.29, 0.717) is 0 Å². The van der Waals surface area contributed by atoms with Crippen LogP contribution < -0.4 is 5.32 Å². The third-order valence-electron chi connectivity index (χ3n) is 4.77. The molecule has 9 heteroatoms. The van der Waals surface area contributed by atoms with Crippen molar-refractivity contribution in [2.45, 2.75) is 65.3 Å². The first-order valence-corrected chi connectivity index (χ1v) is 10.6. The summed E-state index contributed by atoms with van der Waals surface area (Å²) >= 11 is 1.42. The van der Waals surface area contributed by atoms with Crippen molar-refractivity contribution in [1.82, 2.24) is 5.32 Å². The number of hydrogen-bond donors (Lipinski definition) is 2. The molecule has 0 saturated carbocycles. The molecular formula is C21H30BNO6S. The van der Waals surface area contributed by atoms with Crippen LogP contribution >= 0.6 is 11.3 Å². The van der Waals surface area contributed by atoms with Crippen LogP contribution in [-0.2, 0) is 18.8 Å². The smallest absolute Gasteiger partial charge is 0.478 e. The van der Waals surface area contributed by atoms with Crippen LogP contribution in [-0.4, -0.2) is 47.6 Å². The van der Waals surface area contributed by atoms with Gasteiger partial charge in [0.25, 0.3) is 0 Å². The van der Waals surface area contributed by atoms with E-state index in [2.05, 4.69) is 5.32 Å². The lowest BCUT2D eigenvalue weighted by Gasteiger charge is -2.32. The van der Waals surface area contributed by atoms with Gasteiger partial charge in [-0.05, 0) is 77.0 Å². The van der Waals surface area contributed by atoms with E-state index in [1.807, 2.05) is 45.2 Å². The Bertz CT molecular complexity index is 834. The molecule has 1 aliphatic heterocycles. The van der Waals surface area contributed by atoms with Crippen LogP contribution in [0.5, 0.6) is 0 Å². The number of rotatable bonds is 6. The zero-order valence-electron chi connectivity index (χ0n) is 18.6. The second-order valence-corrected chi connectivity index (χ2v) is 10.1. The Morgan fingerprint density at radius 1 is 1.23 bits per heavy atom. The number of carbonyl (C=O) groups is 2. The van der Waals surface area contributed by atoms with E-state index < -0.39 is 36.0 Å². The summed E-state index contributed by atoms with van der Waals surface area (Å²) in [6.45, 7) is 13.4. The molecule has 2 rings (SSSR count). The lowest BCUT2D eigenvalue weighted by Crippen LogP contribution is -2.41. The largest absolute Gasteiger partial charge is 0.492 e. The molecule has 1 aromatic rings. The number of aliphatic carboxylic acids is 1. The third-order valence-corrected chi connectivity index (χ3v) is 5.69. The molecule has 30 heavy (non-hydrogen) atoms. The Hall–Kier alpha value is -2.10. The van der Waals surface area contributed by atoms with Gasteiger partial charge < -0.3 is 24.5 Å². The molecule has 2 N–H and O–H groups in total. The summed E-state index contributed by atoms with van der Waals surface area (Å²) in [6.07, 6.45) is 3.99. The zero-order chi connectivity index (χ0) is 22.7.